The molecule has 0 bridgehead atoms. The molecular formula is C16H18F3N3O2. The highest BCUT2D eigenvalue weighted by atomic mass is 19.4. The molecular weight excluding hydrogens is 323 g/mol. The first-order valence-corrected chi connectivity index (χ1v) is 7.42. The van der Waals surface area contributed by atoms with Crippen LogP contribution in [0.1, 0.15) is 28.5 Å². The van der Waals surface area contributed by atoms with Gasteiger partial charge in [-0.05, 0) is 26.0 Å². The van der Waals surface area contributed by atoms with Crippen molar-refractivity contribution in [1.29, 1.82) is 0 Å². The van der Waals surface area contributed by atoms with E-state index in [1.807, 2.05) is 6.92 Å². The average molecular weight is 341 g/mol. The van der Waals surface area contributed by atoms with E-state index in [2.05, 4.69) is 5.10 Å². The maximum atomic E-state index is 13.5. The summed E-state index contributed by atoms with van der Waals surface area (Å²) in [6, 6.07) is 6.36. The van der Waals surface area contributed by atoms with E-state index in [0.29, 0.717) is 0 Å². The first-order valence-electron chi connectivity index (χ1n) is 7.42. The summed E-state index contributed by atoms with van der Waals surface area (Å²) in [5, 5.41) is 12.7. The van der Waals surface area contributed by atoms with Crippen LogP contribution in [0, 0.1) is 6.92 Å². The lowest BCUT2D eigenvalue weighted by Crippen LogP contribution is -2.34. The molecule has 1 aromatic carbocycles. The first-order chi connectivity index (χ1) is 11.3. The van der Waals surface area contributed by atoms with Gasteiger partial charge in [-0.3, -0.25) is 4.79 Å². The smallest absolute Gasteiger partial charge is 0.395 e. The third-order valence-electron chi connectivity index (χ3n) is 3.59. The molecule has 2 rings (SSSR count). The number of amides is 1. The van der Waals surface area contributed by atoms with Crippen LogP contribution in [-0.2, 0) is 6.18 Å². The number of aryl methyl sites for hydroxylation is 1. The Kier molecular flexibility index (Phi) is 5.28. The van der Waals surface area contributed by atoms with Crippen LogP contribution >= 0.6 is 0 Å². The number of rotatable bonds is 5. The quantitative estimate of drug-likeness (QED) is 0.910. The number of halogens is 3. The zero-order valence-corrected chi connectivity index (χ0v) is 13.3. The summed E-state index contributed by atoms with van der Waals surface area (Å²) in [5.74, 6) is -0.808. The number of carbonyl (C=O) groups is 1. The van der Waals surface area contributed by atoms with Gasteiger partial charge in [-0.2, -0.15) is 18.3 Å². The van der Waals surface area contributed by atoms with Crippen LogP contribution in [0.25, 0.3) is 5.69 Å². The summed E-state index contributed by atoms with van der Waals surface area (Å²) in [6.07, 6.45) is -3.82. The SMILES string of the molecule is CCN(CCO)C(=O)c1cnn(-c2ccc(C)cc2)c1C(F)(F)F. The second-order valence-corrected chi connectivity index (χ2v) is 5.26. The maximum absolute atomic E-state index is 13.5. The van der Waals surface area contributed by atoms with Gasteiger partial charge in [0.05, 0.1) is 24.1 Å². The van der Waals surface area contributed by atoms with Gasteiger partial charge in [-0.15, -0.1) is 0 Å². The Morgan fingerprint density at radius 2 is 1.92 bits per heavy atom. The molecule has 2 aromatic rings. The van der Waals surface area contributed by atoms with E-state index in [0.717, 1.165) is 21.3 Å². The van der Waals surface area contributed by atoms with Gasteiger partial charge in [0.1, 0.15) is 0 Å². The number of carbonyl (C=O) groups excluding carboxylic acids is 1. The van der Waals surface area contributed by atoms with Crippen LogP contribution in [-0.4, -0.2) is 45.4 Å². The van der Waals surface area contributed by atoms with Crippen LogP contribution in [0.5, 0.6) is 0 Å². The molecule has 130 valence electrons. The van der Waals surface area contributed by atoms with Crippen LogP contribution in [0.2, 0.25) is 0 Å². The fourth-order valence-corrected chi connectivity index (χ4v) is 2.35. The third-order valence-corrected chi connectivity index (χ3v) is 3.59. The van der Waals surface area contributed by atoms with E-state index in [4.69, 9.17) is 5.11 Å². The van der Waals surface area contributed by atoms with Crippen molar-refractivity contribution in [3.63, 3.8) is 0 Å². The maximum Gasteiger partial charge on any atom is 0.434 e. The van der Waals surface area contributed by atoms with E-state index in [-0.39, 0.29) is 25.4 Å². The number of hydrogen-bond donors (Lipinski definition) is 1. The number of benzene rings is 1. The number of hydrogen-bond acceptors (Lipinski definition) is 3. The van der Waals surface area contributed by atoms with Crippen molar-refractivity contribution in [3.05, 3.63) is 47.3 Å². The predicted octanol–water partition coefficient (Wildman–Crippen LogP) is 2.65. The Balaban J connectivity index is 2.54. The number of aliphatic hydroxyl groups is 1. The minimum absolute atomic E-state index is 0.0393. The molecule has 0 atom stereocenters. The molecule has 0 unspecified atom stereocenters. The van der Waals surface area contributed by atoms with E-state index < -0.39 is 23.3 Å². The molecule has 5 nitrogen and oxygen atoms in total. The Morgan fingerprint density at radius 3 is 2.42 bits per heavy atom. The molecule has 0 saturated heterocycles. The first kappa shape index (κ1) is 18.0. The summed E-state index contributed by atoms with van der Waals surface area (Å²) in [7, 11) is 0. The summed E-state index contributed by atoms with van der Waals surface area (Å²) >= 11 is 0. The van der Waals surface area contributed by atoms with Crippen molar-refractivity contribution in [3.8, 4) is 5.69 Å². The van der Waals surface area contributed by atoms with E-state index in [1.54, 1.807) is 19.1 Å². The molecule has 1 heterocycles. The van der Waals surface area contributed by atoms with Gasteiger partial charge in [0.25, 0.3) is 5.91 Å². The van der Waals surface area contributed by atoms with Crippen molar-refractivity contribution in [2.45, 2.75) is 20.0 Å². The molecule has 24 heavy (non-hydrogen) atoms. The average Bonchev–Trinajstić information content (AvgIpc) is 2.98. The van der Waals surface area contributed by atoms with Gasteiger partial charge in [0, 0.05) is 13.1 Å². The zero-order chi connectivity index (χ0) is 17.9. The van der Waals surface area contributed by atoms with Gasteiger partial charge in [-0.1, -0.05) is 17.7 Å². The Bertz CT molecular complexity index is 708. The van der Waals surface area contributed by atoms with Crippen molar-refractivity contribution in [1.82, 2.24) is 14.7 Å². The van der Waals surface area contributed by atoms with Gasteiger partial charge >= 0.3 is 6.18 Å². The topological polar surface area (TPSA) is 58.4 Å². The molecule has 0 spiro atoms. The molecule has 0 saturated carbocycles. The molecule has 1 N–H and O–H groups in total. The van der Waals surface area contributed by atoms with Crippen molar-refractivity contribution in [2.75, 3.05) is 19.7 Å². The lowest BCUT2D eigenvalue weighted by Gasteiger charge is -2.20. The summed E-state index contributed by atoms with van der Waals surface area (Å²) < 4.78 is 41.3. The zero-order valence-electron chi connectivity index (χ0n) is 13.3. The number of nitrogens with zero attached hydrogens (tertiary/aromatic N) is 3. The largest absolute Gasteiger partial charge is 0.434 e. The summed E-state index contributed by atoms with van der Waals surface area (Å²) in [6.45, 7) is 3.27. The second-order valence-electron chi connectivity index (χ2n) is 5.26. The van der Waals surface area contributed by atoms with Crippen LogP contribution in [0.4, 0.5) is 13.2 Å². The van der Waals surface area contributed by atoms with Crippen molar-refractivity contribution in [2.24, 2.45) is 0 Å². The van der Waals surface area contributed by atoms with Crippen molar-refractivity contribution < 1.29 is 23.1 Å². The van der Waals surface area contributed by atoms with E-state index in [9.17, 15) is 18.0 Å². The summed E-state index contributed by atoms with van der Waals surface area (Å²) in [4.78, 5) is 13.5. The normalized spacial score (nSPS) is 11.6. The number of alkyl halides is 3. The molecule has 1 aromatic heterocycles. The minimum atomic E-state index is -4.75. The number of likely N-dealkylation sites (N-methyl/N-ethyl adjacent to an activating group) is 1. The molecule has 0 fully saturated rings. The highest BCUT2D eigenvalue weighted by Crippen LogP contribution is 2.34. The Morgan fingerprint density at radius 1 is 1.29 bits per heavy atom. The van der Waals surface area contributed by atoms with Gasteiger partial charge in [-0.25, -0.2) is 4.68 Å². The van der Waals surface area contributed by atoms with E-state index >= 15 is 0 Å². The van der Waals surface area contributed by atoms with Gasteiger partial charge < -0.3 is 10.0 Å². The minimum Gasteiger partial charge on any atom is -0.395 e. The Labute approximate surface area is 137 Å². The monoisotopic (exact) mass is 341 g/mol. The van der Waals surface area contributed by atoms with Gasteiger partial charge in [0.15, 0.2) is 5.69 Å². The van der Waals surface area contributed by atoms with E-state index in [1.165, 1.54) is 12.1 Å². The third kappa shape index (κ3) is 3.59. The lowest BCUT2D eigenvalue weighted by molar-refractivity contribution is -0.143. The van der Waals surface area contributed by atoms with Crippen LogP contribution < -0.4 is 0 Å². The fraction of sp³-hybridized carbons (Fsp3) is 0.375. The molecule has 0 radical (unpaired) electrons. The molecule has 0 aliphatic rings. The van der Waals surface area contributed by atoms with Crippen LogP contribution in [0.3, 0.4) is 0 Å². The number of aliphatic hydroxyl groups excluding tert-OH is 1. The molecule has 1 amide bonds. The van der Waals surface area contributed by atoms with Gasteiger partial charge in [0.2, 0.25) is 0 Å². The van der Waals surface area contributed by atoms with Crippen LogP contribution in [0.15, 0.2) is 30.5 Å². The standard InChI is InChI=1S/C16H18F3N3O2/c1-3-21(8-9-23)15(24)13-10-20-22(14(13)16(17,18)19)12-6-4-11(2)5-7-12/h4-7,10,23H,3,8-9H2,1-2H3. The van der Waals surface area contributed by atoms with Crippen molar-refractivity contribution >= 4 is 5.91 Å². The lowest BCUT2D eigenvalue weighted by atomic mass is 10.2. The highest BCUT2D eigenvalue weighted by Gasteiger charge is 2.41. The molecule has 0 aliphatic carbocycles. The fourth-order valence-electron chi connectivity index (χ4n) is 2.35. The number of aromatic nitrogens is 2. The molecule has 8 heteroatoms. The predicted molar refractivity (Wildman–Crippen MR) is 82.0 cm³/mol. The summed E-state index contributed by atoms with van der Waals surface area (Å²) in [5.41, 5.74) is -0.529. The second kappa shape index (κ2) is 7.04. The Hall–Kier alpha value is -2.35. The highest BCUT2D eigenvalue weighted by molar-refractivity contribution is 5.95. The molecule has 0 aliphatic heterocycles.